The molecule has 3 aromatic rings. The highest BCUT2D eigenvalue weighted by Gasteiger charge is 2.52. The Hall–Kier alpha value is -2.22. The van der Waals surface area contributed by atoms with E-state index in [1.165, 1.54) is 12.5 Å². The molecule has 5 nitrogen and oxygen atoms in total. The number of ether oxygens (including phenoxy) is 1. The predicted molar refractivity (Wildman–Crippen MR) is 122 cm³/mol. The lowest BCUT2D eigenvalue weighted by molar-refractivity contribution is -0.0191. The van der Waals surface area contributed by atoms with E-state index in [1.807, 2.05) is 36.4 Å². The van der Waals surface area contributed by atoms with Crippen LogP contribution in [0.4, 0.5) is 0 Å². The maximum absolute atomic E-state index is 10.7. The monoisotopic (exact) mass is 438 g/mol. The number of aliphatic hydroxyl groups is 2. The van der Waals surface area contributed by atoms with Crippen LogP contribution in [0.15, 0.2) is 83.7 Å². The van der Waals surface area contributed by atoms with E-state index in [0.717, 1.165) is 10.4 Å². The summed E-state index contributed by atoms with van der Waals surface area (Å²) < 4.78 is 18.0. The van der Waals surface area contributed by atoms with Crippen molar-refractivity contribution < 1.29 is 23.8 Å². The molecule has 2 heterocycles. The van der Waals surface area contributed by atoms with Gasteiger partial charge in [0.1, 0.15) is 24.4 Å². The van der Waals surface area contributed by atoms with Gasteiger partial charge in [-0.05, 0) is 21.5 Å². The van der Waals surface area contributed by atoms with Gasteiger partial charge in [-0.1, -0.05) is 81.4 Å². The van der Waals surface area contributed by atoms with E-state index in [2.05, 4.69) is 45.0 Å². The zero-order valence-electron chi connectivity index (χ0n) is 18.1. The van der Waals surface area contributed by atoms with Gasteiger partial charge in [0.2, 0.25) is 0 Å². The van der Waals surface area contributed by atoms with Crippen LogP contribution >= 0.6 is 0 Å². The number of furan rings is 1. The molecule has 0 saturated carbocycles. The van der Waals surface area contributed by atoms with Crippen molar-refractivity contribution in [2.45, 2.75) is 50.2 Å². The second-order valence-electron chi connectivity index (χ2n) is 9.11. The summed E-state index contributed by atoms with van der Waals surface area (Å²) in [6.45, 7) is 6.79. The molecule has 1 aromatic heterocycles. The van der Waals surface area contributed by atoms with Crippen LogP contribution in [0, 0.1) is 0 Å². The van der Waals surface area contributed by atoms with E-state index in [9.17, 15) is 10.2 Å². The van der Waals surface area contributed by atoms with Crippen LogP contribution in [0.1, 0.15) is 32.4 Å². The van der Waals surface area contributed by atoms with Crippen LogP contribution in [0.2, 0.25) is 5.04 Å². The zero-order chi connectivity index (χ0) is 22.1. The van der Waals surface area contributed by atoms with Crippen molar-refractivity contribution in [1.29, 1.82) is 0 Å². The maximum Gasteiger partial charge on any atom is 0.261 e. The summed E-state index contributed by atoms with van der Waals surface area (Å²) in [5, 5.41) is 23.4. The van der Waals surface area contributed by atoms with Gasteiger partial charge in [0.05, 0.1) is 19.1 Å². The number of hydrogen-bond acceptors (Lipinski definition) is 5. The van der Waals surface area contributed by atoms with E-state index in [4.69, 9.17) is 13.6 Å². The largest absolute Gasteiger partial charge is 0.472 e. The number of benzene rings is 2. The molecule has 6 heteroatoms. The van der Waals surface area contributed by atoms with Crippen molar-refractivity contribution in [2.75, 3.05) is 6.61 Å². The molecule has 1 aliphatic heterocycles. The molecule has 0 bridgehead atoms. The van der Waals surface area contributed by atoms with Gasteiger partial charge in [0, 0.05) is 5.56 Å². The van der Waals surface area contributed by atoms with Gasteiger partial charge in [-0.15, -0.1) is 0 Å². The molecule has 0 unspecified atom stereocenters. The first-order valence-corrected chi connectivity index (χ1v) is 12.5. The average molecular weight is 439 g/mol. The smallest absolute Gasteiger partial charge is 0.261 e. The Morgan fingerprint density at radius 3 is 1.94 bits per heavy atom. The van der Waals surface area contributed by atoms with Gasteiger partial charge >= 0.3 is 0 Å². The summed E-state index contributed by atoms with van der Waals surface area (Å²) in [4.78, 5) is 0. The normalized spacial score (nSPS) is 24.4. The number of aliphatic hydroxyl groups excluding tert-OH is 2. The van der Waals surface area contributed by atoms with Crippen molar-refractivity contribution in [3.63, 3.8) is 0 Å². The first-order chi connectivity index (χ1) is 14.8. The third kappa shape index (κ3) is 4.02. The highest BCUT2D eigenvalue weighted by Crippen LogP contribution is 2.39. The lowest BCUT2D eigenvalue weighted by Crippen LogP contribution is -2.67. The van der Waals surface area contributed by atoms with Crippen molar-refractivity contribution >= 4 is 18.7 Å². The fourth-order valence-electron chi connectivity index (χ4n) is 4.57. The molecular formula is C25H30O5Si. The third-order valence-corrected chi connectivity index (χ3v) is 11.1. The topological polar surface area (TPSA) is 72.1 Å². The minimum absolute atomic E-state index is 0.179. The highest BCUT2D eigenvalue weighted by atomic mass is 28.4. The molecule has 1 aliphatic rings. The van der Waals surface area contributed by atoms with Crippen molar-refractivity contribution in [3.05, 3.63) is 84.8 Å². The fourth-order valence-corrected chi connectivity index (χ4v) is 9.14. The van der Waals surface area contributed by atoms with Crippen LogP contribution in [0.3, 0.4) is 0 Å². The Morgan fingerprint density at radius 2 is 1.45 bits per heavy atom. The quantitative estimate of drug-likeness (QED) is 0.579. The van der Waals surface area contributed by atoms with Gasteiger partial charge in [-0.25, -0.2) is 0 Å². The Morgan fingerprint density at radius 1 is 0.871 bits per heavy atom. The minimum Gasteiger partial charge on any atom is -0.472 e. The number of rotatable bonds is 6. The lowest BCUT2D eigenvalue weighted by Gasteiger charge is -2.43. The van der Waals surface area contributed by atoms with Crippen LogP contribution in [0.5, 0.6) is 0 Å². The molecule has 0 radical (unpaired) electrons. The molecular weight excluding hydrogens is 408 g/mol. The second-order valence-corrected chi connectivity index (χ2v) is 13.4. The van der Waals surface area contributed by atoms with Crippen molar-refractivity contribution in [3.8, 4) is 0 Å². The van der Waals surface area contributed by atoms with Crippen LogP contribution in [-0.4, -0.2) is 43.4 Å². The van der Waals surface area contributed by atoms with Gasteiger partial charge in [-0.2, -0.15) is 0 Å². The molecule has 4 atom stereocenters. The number of hydrogen-bond donors (Lipinski definition) is 2. The van der Waals surface area contributed by atoms with E-state index in [0.29, 0.717) is 5.56 Å². The minimum atomic E-state index is -2.75. The van der Waals surface area contributed by atoms with Crippen LogP contribution in [0.25, 0.3) is 0 Å². The summed E-state index contributed by atoms with van der Waals surface area (Å²) in [7, 11) is -2.75. The zero-order valence-corrected chi connectivity index (χ0v) is 19.1. The fraction of sp³-hybridized carbons (Fsp3) is 0.360. The van der Waals surface area contributed by atoms with Crippen LogP contribution in [-0.2, 0) is 9.16 Å². The second kappa shape index (κ2) is 8.73. The average Bonchev–Trinajstić information content (AvgIpc) is 3.39. The standard InChI is InChI=1S/C25H30O5Si/c1-25(2,3)31(19-10-6-4-7-11-19,20-12-8-5-9-13-20)29-17-21-22(26)23(27)24(30-21)18-14-15-28-16-18/h4-16,21-24,26-27H,17H2,1-3H3/t21-,22-,23-,24+/m1/s1. The van der Waals surface area contributed by atoms with Gasteiger partial charge < -0.3 is 23.8 Å². The molecule has 31 heavy (non-hydrogen) atoms. The summed E-state index contributed by atoms with van der Waals surface area (Å²) in [6.07, 6.45) is -0.294. The predicted octanol–water partition coefficient (Wildman–Crippen LogP) is 3.02. The first kappa shape index (κ1) is 22.0. The summed E-state index contributed by atoms with van der Waals surface area (Å²) in [5.41, 5.74) is 0.708. The van der Waals surface area contributed by atoms with E-state index in [1.54, 1.807) is 6.07 Å². The molecule has 4 rings (SSSR count). The van der Waals surface area contributed by atoms with Crippen LogP contribution < -0.4 is 10.4 Å². The molecule has 2 aromatic carbocycles. The Bertz CT molecular complexity index is 913. The SMILES string of the molecule is CC(C)(C)[Si](OC[C@H]1O[C@@H](c2ccoc2)[C@H](O)[C@@H]1O)(c1ccccc1)c1ccccc1. The molecule has 1 saturated heterocycles. The molecule has 0 spiro atoms. The molecule has 2 N–H and O–H groups in total. The molecule has 1 fully saturated rings. The van der Waals surface area contributed by atoms with Gasteiger partial charge in [-0.3, -0.25) is 0 Å². The molecule has 164 valence electrons. The highest BCUT2D eigenvalue weighted by molar-refractivity contribution is 6.99. The summed E-state index contributed by atoms with van der Waals surface area (Å²) >= 11 is 0. The summed E-state index contributed by atoms with van der Waals surface area (Å²) in [5.74, 6) is 0. The first-order valence-electron chi connectivity index (χ1n) is 10.6. The van der Waals surface area contributed by atoms with Gasteiger partial charge in [0.25, 0.3) is 8.32 Å². The van der Waals surface area contributed by atoms with Crippen molar-refractivity contribution in [2.24, 2.45) is 0 Å². The Balaban J connectivity index is 1.68. The van der Waals surface area contributed by atoms with Crippen molar-refractivity contribution in [1.82, 2.24) is 0 Å². The Kier molecular flexibility index (Phi) is 6.19. The van der Waals surface area contributed by atoms with Gasteiger partial charge in [0.15, 0.2) is 0 Å². The summed E-state index contributed by atoms with van der Waals surface area (Å²) in [6, 6.07) is 22.4. The third-order valence-electron chi connectivity index (χ3n) is 6.12. The lowest BCUT2D eigenvalue weighted by atomic mass is 10.0. The Labute approximate surface area is 184 Å². The van der Waals surface area contributed by atoms with E-state index >= 15 is 0 Å². The maximum atomic E-state index is 10.7. The van der Waals surface area contributed by atoms with E-state index < -0.39 is 32.7 Å². The molecule has 0 aliphatic carbocycles. The molecule has 0 amide bonds. The van der Waals surface area contributed by atoms with E-state index in [-0.39, 0.29) is 11.6 Å².